The van der Waals surface area contributed by atoms with E-state index >= 15 is 0 Å². The van der Waals surface area contributed by atoms with Gasteiger partial charge in [0.05, 0.1) is 19.9 Å². The maximum atomic E-state index is 12.4. The van der Waals surface area contributed by atoms with Crippen LogP contribution in [-0.2, 0) is 16.0 Å². The van der Waals surface area contributed by atoms with Gasteiger partial charge in [-0.3, -0.25) is 29.8 Å². The minimum Gasteiger partial charge on any atom is -0.482 e. The number of nitrogens with zero attached hydrogens (tertiary/aromatic N) is 2. The van der Waals surface area contributed by atoms with Crippen LogP contribution in [0.5, 0.6) is 11.5 Å². The van der Waals surface area contributed by atoms with Gasteiger partial charge >= 0.3 is 0 Å². The fourth-order valence-electron chi connectivity index (χ4n) is 3.99. The molecule has 0 aromatic heterocycles. The number of nitrogens with one attached hydrogen (secondary N) is 2. The number of carbonyl (C=O) groups excluding carboxylic acids is 2. The van der Waals surface area contributed by atoms with Crippen LogP contribution in [0, 0.1) is 20.2 Å². The minimum atomic E-state index is -0.664. The van der Waals surface area contributed by atoms with Crippen LogP contribution in [0.3, 0.4) is 0 Å². The van der Waals surface area contributed by atoms with E-state index in [-0.39, 0.29) is 61.8 Å². The van der Waals surface area contributed by atoms with Crippen molar-refractivity contribution in [3.05, 3.63) is 124 Å². The Kier molecular flexibility index (Phi) is 11.0. The van der Waals surface area contributed by atoms with Crippen molar-refractivity contribution in [2.24, 2.45) is 0 Å². The van der Waals surface area contributed by atoms with Crippen LogP contribution >= 0.6 is 46.4 Å². The molecule has 232 valence electrons. The summed E-state index contributed by atoms with van der Waals surface area (Å²) in [4.78, 5) is 47.2. The summed E-state index contributed by atoms with van der Waals surface area (Å²) < 4.78 is 10.7. The Morgan fingerprint density at radius 2 is 1.02 bits per heavy atom. The van der Waals surface area contributed by atoms with Gasteiger partial charge < -0.3 is 20.1 Å². The zero-order valence-electron chi connectivity index (χ0n) is 22.7. The number of carbonyl (C=O) groups is 2. The Labute approximate surface area is 275 Å². The van der Waals surface area contributed by atoms with Crippen LogP contribution in [0.2, 0.25) is 20.1 Å². The number of hydrogen-bond donors (Lipinski definition) is 2. The number of hydrogen-bond acceptors (Lipinski definition) is 8. The van der Waals surface area contributed by atoms with Crippen LogP contribution in [0.1, 0.15) is 11.1 Å². The van der Waals surface area contributed by atoms with Gasteiger partial charge in [-0.1, -0.05) is 46.4 Å². The van der Waals surface area contributed by atoms with Crippen LogP contribution in [0.15, 0.2) is 72.8 Å². The Bertz CT molecular complexity index is 1680. The normalized spacial score (nSPS) is 10.6. The van der Waals surface area contributed by atoms with Crippen LogP contribution in [0.25, 0.3) is 0 Å². The molecule has 0 bridgehead atoms. The van der Waals surface area contributed by atoms with Gasteiger partial charge in [0.15, 0.2) is 13.2 Å². The molecule has 4 rings (SSSR count). The summed E-state index contributed by atoms with van der Waals surface area (Å²) in [7, 11) is 0. The molecule has 4 aromatic carbocycles. The summed E-state index contributed by atoms with van der Waals surface area (Å²) in [6, 6.07) is 16.8. The molecule has 0 saturated heterocycles. The van der Waals surface area contributed by atoms with E-state index in [0.717, 1.165) is 12.1 Å². The van der Waals surface area contributed by atoms with Crippen LogP contribution in [-0.4, -0.2) is 34.9 Å². The monoisotopic (exact) mass is 692 g/mol. The van der Waals surface area contributed by atoms with Crippen molar-refractivity contribution in [2.75, 3.05) is 23.8 Å². The number of benzene rings is 4. The van der Waals surface area contributed by atoms with E-state index in [1.54, 1.807) is 0 Å². The number of anilines is 2. The number of nitro benzene ring substituents is 2. The molecule has 0 aliphatic heterocycles. The van der Waals surface area contributed by atoms with Crippen molar-refractivity contribution >= 4 is 81.0 Å². The topological polar surface area (TPSA) is 163 Å². The van der Waals surface area contributed by atoms with Crippen molar-refractivity contribution in [3.63, 3.8) is 0 Å². The third-order valence-corrected chi connectivity index (χ3v) is 7.08. The number of amides is 2. The fraction of sp³-hybridized carbons (Fsp3) is 0.103. The first-order valence-corrected chi connectivity index (χ1v) is 14.2. The average molecular weight is 694 g/mol. The molecular weight excluding hydrogens is 674 g/mol. The lowest BCUT2D eigenvalue weighted by molar-refractivity contribution is -0.386. The summed E-state index contributed by atoms with van der Waals surface area (Å²) in [6.07, 6.45) is -0.189. The van der Waals surface area contributed by atoms with Gasteiger partial charge in [-0.2, -0.15) is 0 Å². The Balaban J connectivity index is 1.43. The number of halogens is 4. The van der Waals surface area contributed by atoms with Crippen molar-refractivity contribution in [1.82, 2.24) is 0 Å². The summed E-state index contributed by atoms with van der Waals surface area (Å²) in [5.74, 6) is -0.780. The maximum Gasteiger partial charge on any atom is 0.275 e. The lowest BCUT2D eigenvalue weighted by atomic mass is 10.0. The van der Waals surface area contributed by atoms with Gasteiger partial charge in [0.2, 0.25) is 0 Å². The number of nitro groups is 2. The standard InChI is InChI=1S/C29H20Cl4N4O8/c30-18-3-7-26(22(32)10-18)44-14-28(38)34-20-5-1-16(24(12-20)36(40)41)9-17-2-6-21(13-25(17)37(42)43)35-29(39)15-45-27-8-4-19(31)11-23(27)33/h1-8,10-13H,9,14-15H2,(H,34,38)(H,35,39). The average Bonchev–Trinajstić information content (AvgIpc) is 2.97. The first-order chi connectivity index (χ1) is 21.4. The van der Waals surface area contributed by atoms with E-state index in [1.807, 2.05) is 0 Å². The van der Waals surface area contributed by atoms with Crippen LogP contribution < -0.4 is 20.1 Å². The predicted octanol–water partition coefficient (Wildman–Crippen LogP) is 7.74. The van der Waals surface area contributed by atoms with Crippen molar-refractivity contribution in [2.45, 2.75) is 6.42 Å². The third kappa shape index (κ3) is 9.19. The molecule has 2 amide bonds. The van der Waals surface area contributed by atoms with Gasteiger partial charge in [0, 0.05) is 51.1 Å². The summed E-state index contributed by atoms with van der Waals surface area (Å²) in [6.45, 7) is -0.875. The Morgan fingerprint density at radius 1 is 0.622 bits per heavy atom. The predicted molar refractivity (Wildman–Crippen MR) is 170 cm³/mol. The molecule has 0 unspecified atom stereocenters. The lowest BCUT2D eigenvalue weighted by Gasteiger charge is -2.11. The van der Waals surface area contributed by atoms with Gasteiger partial charge in [0.25, 0.3) is 23.2 Å². The van der Waals surface area contributed by atoms with Crippen LogP contribution in [0.4, 0.5) is 22.7 Å². The molecule has 4 aromatic rings. The summed E-state index contributed by atoms with van der Waals surface area (Å²) in [5.41, 5.74) is -0.240. The van der Waals surface area contributed by atoms with E-state index in [2.05, 4.69) is 10.6 Å². The minimum absolute atomic E-state index is 0.107. The second kappa shape index (κ2) is 14.9. The molecule has 0 spiro atoms. The highest BCUT2D eigenvalue weighted by molar-refractivity contribution is 6.36. The molecule has 45 heavy (non-hydrogen) atoms. The highest BCUT2D eigenvalue weighted by Gasteiger charge is 2.22. The third-order valence-electron chi connectivity index (χ3n) is 6.02. The molecule has 0 radical (unpaired) electrons. The van der Waals surface area contributed by atoms with E-state index in [9.17, 15) is 29.8 Å². The largest absolute Gasteiger partial charge is 0.482 e. The molecule has 2 N–H and O–H groups in total. The maximum absolute atomic E-state index is 12.4. The molecule has 0 saturated carbocycles. The Hall–Kier alpha value is -4.62. The lowest BCUT2D eigenvalue weighted by Crippen LogP contribution is -2.20. The second-order valence-electron chi connectivity index (χ2n) is 9.20. The van der Waals surface area contributed by atoms with E-state index in [0.29, 0.717) is 10.0 Å². The molecule has 16 heteroatoms. The van der Waals surface area contributed by atoms with E-state index in [1.165, 1.54) is 60.7 Å². The van der Waals surface area contributed by atoms with Gasteiger partial charge in [-0.05, 0) is 60.7 Å². The zero-order valence-corrected chi connectivity index (χ0v) is 25.7. The molecule has 0 aliphatic carbocycles. The summed E-state index contributed by atoms with van der Waals surface area (Å²) >= 11 is 23.7. The molecule has 12 nitrogen and oxygen atoms in total. The highest BCUT2D eigenvalue weighted by atomic mass is 35.5. The van der Waals surface area contributed by atoms with Gasteiger partial charge in [0.1, 0.15) is 11.5 Å². The molecular formula is C29H20Cl4N4O8. The Morgan fingerprint density at radius 3 is 1.38 bits per heavy atom. The zero-order chi connectivity index (χ0) is 32.7. The second-order valence-corrected chi connectivity index (χ2v) is 10.9. The molecule has 0 fully saturated rings. The molecule has 0 aliphatic rings. The fourth-order valence-corrected chi connectivity index (χ4v) is 4.92. The van der Waals surface area contributed by atoms with E-state index in [4.69, 9.17) is 55.9 Å². The highest BCUT2D eigenvalue weighted by Crippen LogP contribution is 2.32. The first kappa shape index (κ1) is 33.3. The van der Waals surface area contributed by atoms with Gasteiger partial charge in [-0.15, -0.1) is 0 Å². The van der Waals surface area contributed by atoms with Crippen molar-refractivity contribution < 1.29 is 28.9 Å². The first-order valence-electron chi connectivity index (χ1n) is 12.7. The quantitative estimate of drug-likeness (QED) is 0.112. The van der Waals surface area contributed by atoms with Gasteiger partial charge in [-0.25, -0.2) is 0 Å². The number of ether oxygens (including phenoxy) is 2. The van der Waals surface area contributed by atoms with Crippen molar-refractivity contribution in [3.8, 4) is 11.5 Å². The van der Waals surface area contributed by atoms with E-state index < -0.39 is 34.9 Å². The number of rotatable bonds is 12. The molecule has 0 atom stereocenters. The van der Waals surface area contributed by atoms with Crippen molar-refractivity contribution in [1.29, 1.82) is 0 Å². The molecule has 0 heterocycles. The SMILES string of the molecule is O=C(COc1ccc(Cl)cc1Cl)Nc1ccc(Cc2ccc(NC(=O)COc3ccc(Cl)cc3Cl)cc2[N+](=O)[O-])c([N+](=O)[O-])c1. The summed E-state index contributed by atoms with van der Waals surface area (Å²) in [5, 5.41) is 29.9. The smallest absolute Gasteiger partial charge is 0.275 e.